The van der Waals surface area contributed by atoms with Crippen molar-refractivity contribution in [3.05, 3.63) is 243 Å². The Hall–Kier alpha value is -8.40. The van der Waals surface area contributed by atoms with Crippen LogP contribution < -0.4 is 4.90 Å². The molecule has 3 nitrogen and oxygen atoms in total. The smallest absolute Gasteiger partial charge is 0.135 e. The van der Waals surface area contributed by atoms with Crippen molar-refractivity contribution in [2.75, 3.05) is 4.90 Å². The van der Waals surface area contributed by atoms with Gasteiger partial charge in [0.2, 0.25) is 0 Å². The van der Waals surface area contributed by atoms with E-state index in [2.05, 4.69) is 240 Å². The van der Waals surface area contributed by atoms with Gasteiger partial charge in [-0.2, -0.15) is 0 Å². The summed E-state index contributed by atoms with van der Waals surface area (Å²) in [6, 6.07) is 87.4. The van der Waals surface area contributed by atoms with Crippen LogP contribution in [0.5, 0.6) is 0 Å². The number of furan rings is 1. The minimum atomic E-state index is 0.878. The molecule has 0 saturated heterocycles. The second-order valence-electron chi connectivity index (χ2n) is 16.1. The third-order valence-corrected chi connectivity index (χ3v) is 12.4. The molecule has 296 valence electrons. The maximum absolute atomic E-state index is 6.33. The molecule has 2 aromatic heterocycles. The lowest BCUT2D eigenvalue weighted by Crippen LogP contribution is -2.11. The molecule has 0 unspecified atom stereocenters. The molecule has 0 aliphatic carbocycles. The topological polar surface area (TPSA) is 21.3 Å². The van der Waals surface area contributed by atoms with Crippen molar-refractivity contribution in [3.8, 4) is 50.2 Å². The summed E-state index contributed by atoms with van der Waals surface area (Å²) in [5.74, 6) is 0. The molecule has 12 aromatic rings. The van der Waals surface area contributed by atoms with Crippen LogP contribution in [0.15, 0.2) is 247 Å². The van der Waals surface area contributed by atoms with Crippen LogP contribution in [0.4, 0.5) is 17.1 Å². The molecule has 3 heteroatoms. The van der Waals surface area contributed by atoms with E-state index in [1.54, 1.807) is 0 Å². The summed E-state index contributed by atoms with van der Waals surface area (Å²) in [5, 5.41) is 4.58. The fourth-order valence-corrected chi connectivity index (χ4v) is 9.32. The molecular formula is C60H40N2O. The molecule has 0 radical (unpaired) electrons. The molecule has 0 fully saturated rings. The summed E-state index contributed by atoms with van der Waals surface area (Å²) in [5.41, 5.74) is 17.7. The van der Waals surface area contributed by atoms with Crippen molar-refractivity contribution in [2.24, 2.45) is 0 Å². The first kappa shape index (κ1) is 36.5. The molecule has 2 heterocycles. The fraction of sp³-hybridized carbons (Fsp3) is 0. The number of hydrogen-bond acceptors (Lipinski definition) is 2. The van der Waals surface area contributed by atoms with E-state index in [0.717, 1.165) is 66.8 Å². The van der Waals surface area contributed by atoms with Gasteiger partial charge in [-0.15, -0.1) is 0 Å². The first-order valence-corrected chi connectivity index (χ1v) is 21.5. The fourth-order valence-electron chi connectivity index (χ4n) is 9.32. The number of rotatable bonds is 8. The maximum Gasteiger partial charge on any atom is 0.135 e. The summed E-state index contributed by atoms with van der Waals surface area (Å²) in [6.45, 7) is 0. The Morgan fingerprint density at radius 1 is 0.302 bits per heavy atom. The highest BCUT2D eigenvalue weighted by Gasteiger charge is 2.23. The number of aromatic nitrogens is 1. The van der Waals surface area contributed by atoms with E-state index < -0.39 is 0 Å². The number of hydrogen-bond donors (Lipinski definition) is 0. The average Bonchev–Trinajstić information content (AvgIpc) is 3.90. The zero-order valence-corrected chi connectivity index (χ0v) is 34.4. The van der Waals surface area contributed by atoms with E-state index in [1.165, 1.54) is 44.2 Å². The lowest BCUT2D eigenvalue weighted by atomic mass is 9.97. The molecule has 0 saturated carbocycles. The van der Waals surface area contributed by atoms with Gasteiger partial charge in [-0.3, -0.25) is 0 Å². The molecule has 0 aliphatic rings. The third kappa shape index (κ3) is 6.46. The van der Waals surface area contributed by atoms with E-state index >= 15 is 0 Å². The standard InChI is InChI=1S/C60H40N2O/c1-5-15-41(16-6-1)44-25-30-48(31-26-44)61(49-32-27-45(28-33-49)42-17-7-2-8-18-42)57-40-58-54(39-52(57)46-21-11-4-12-22-46)53-37-47(43-19-9-3-10-20-43)29-35-56(53)62(58)50-34-36-60-55(38-50)51-23-13-14-24-59(51)63-60/h1-40H. The molecule has 0 spiro atoms. The van der Waals surface area contributed by atoms with Crippen molar-refractivity contribution in [1.29, 1.82) is 0 Å². The van der Waals surface area contributed by atoms with Crippen molar-refractivity contribution in [3.63, 3.8) is 0 Å². The maximum atomic E-state index is 6.33. The summed E-state index contributed by atoms with van der Waals surface area (Å²) in [6.07, 6.45) is 0. The van der Waals surface area contributed by atoms with Crippen LogP contribution in [0.2, 0.25) is 0 Å². The molecule has 63 heavy (non-hydrogen) atoms. The normalized spacial score (nSPS) is 11.5. The van der Waals surface area contributed by atoms with Crippen molar-refractivity contribution in [1.82, 2.24) is 4.57 Å². The van der Waals surface area contributed by atoms with Gasteiger partial charge >= 0.3 is 0 Å². The first-order chi connectivity index (χ1) is 31.2. The van der Waals surface area contributed by atoms with Gasteiger partial charge in [0.15, 0.2) is 0 Å². The van der Waals surface area contributed by atoms with Gasteiger partial charge in [0.05, 0.1) is 16.7 Å². The van der Waals surface area contributed by atoms with E-state index in [0.29, 0.717) is 0 Å². The monoisotopic (exact) mass is 804 g/mol. The van der Waals surface area contributed by atoms with Gasteiger partial charge in [-0.1, -0.05) is 170 Å². The highest BCUT2D eigenvalue weighted by atomic mass is 16.3. The molecular weight excluding hydrogens is 765 g/mol. The van der Waals surface area contributed by atoms with E-state index in [9.17, 15) is 0 Å². The Bertz CT molecular complexity index is 3490. The van der Waals surface area contributed by atoms with Crippen LogP contribution in [-0.4, -0.2) is 4.57 Å². The second-order valence-corrected chi connectivity index (χ2v) is 16.1. The number of anilines is 3. The van der Waals surface area contributed by atoms with Gasteiger partial charge in [0.25, 0.3) is 0 Å². The largest absolute Gasteiger partial charge is 0.456 e. The van der Waals surface area contributed by atoms with Gasteiger partial charge in [-0.25, -0.2) is 0 Å². The number of benzene rings is 10. The summed E-state index contributed by atoms with van der Waals surface area (Å²) in [4.78, 5) is 2.43. The van der Waals surface area contributed by atoms with Gasteiger partial charge in [0, 0.05) is 44.2 Å². The number of fused-ring (bicyclic) bond motifs is 6. The Balaban J connectivity index is 1.15. The van der Waals surface area contributed by atoms with E-state index in [1.807, 2.05) is 12.1 Å². The molecule has 0 bridgehead atoms. The second kappa shape index (κ2) is 15.3. The summed E-state index contributed by atoms with van der Waals surface area (Å²) < 4.78 is 8.77. The summed E-state index contributed by atoms with van der Waals surface area (Å²) >= 11 is 0. The Morgan fingerprint density at radius 2 is 0.778 bits per heavy atom. The van der Waals surface area contributed by atoms with Crippen LogP contribution in [0.25, 0.3) is 93.9 Å². The predicted octanol–water partition coefficient (Wildman–Crippen LogP) is 16.8. The summed E-state index contributed by atoms with van der Waals surface area (Å²) in [7, 11) is 0. The minimum Gasteiger partial charge on any atom is -0.456 e. The lowest BCUT2D eigenvalue weighted by Gasteiger charge is -2.29. The molecule has 0 amide bonds. The van der Waals surface area contributed by atoms with Crippen molar-refractivity contribution >= 4 is 60.8 Å². The van der Waals surface area contributed by atoms with Crippen molar-refractivity contribution < 1.29 is 4.42 Å². The zero-order valence-electron chi connectivity index (χ0n) is 34.4. The van der Waals surface area contributed by atoms with Gasteiger partial charge in [-0.05, 0) is 112 Å². The molecule has 0 aliphatic heterocycles. The predicted molar refractivity (Wildman–Crippen MR) is 264 cm³/mol. The highest BCUT2D eigenvalue weighted by Crippen LogP contribution is 2.47. The zero-order chi connectivity index (χ0) is 41.7. The van der Waals surface area contributed by atoms with Crippen LogP contribution >= 0.6 is 0 Å². The average molecular weight is 805 g/mol. The van der Waals surface area contributed by atoms with Gasteiger partial charge < -0.3 is 13.9 Å². The van der Waals surface area contributed by atoms with Crippen LogP contribution in [0.1, 0.15) is 0 Å². The lowest BCUT2D eigenvalue weighted by molar-refractivity contribution is 0.669. The van der Waals surface area contributed by atoms with Crippen LogP contribution in [-0.2, 0) is 0 Å². The SMILES string of the molecule is c1ccc(-c2ccc(N(c3ccc(-c4ccccc4)cc3)c3cc4c(cc3-c3ccccc3)c3cc(-c5ccccc5)ccc3n4-c3ccc4oc5ccccc5c4c3)cc2)cc1. The van der Waals surface area contributed by atoms with Crippen LogP contribution in [0.3, 0.4) is 0 Å². The minimum absolute atomic E-state index is 0.878. The molecule has 12 rings (SSSR count). The Kier molecular flexibility index (Phi) is 8.83. The molecule has 10 aromatic carbocycles. The Morgan fingerprint density at radius 3 is 1.38 bits per heavy atom. The molecule has 0 atom stereocenters. The van der Waals surface area contributed by atoms with Gasteiger partial charge in [0.1, 0.15) is 11.2 Å². The van der Waals surface area contributed by atoms with Crippen LogP contribution in [0, 0.1) is 0 Å². The molecule has 0 N–H and O–H groups in total. The first-order valence-electron chi connectivity index (χ1n) is 21.5. The Labute approximate surface area is 366 Å². The number of para-hydroxylation sites is 1. The third-order valence-electron chi connectivity index (χ3n) is 12.4. The van der Waals surface area contributed by atoms with E-state index in [4.69, 9.17) is 4.42 Å². The number of nitrogens with zero attached hydrogens (tertiary/aromatic N) is 2. The highest BCUT2D eigenvalue weighted by molar-refractivity contribution is 6.14. The van der Waals surface area contributed by atoms with Crippen molar-refractivity contribution in [2.45, 2.75) is 0 Å². The van der Waals surface area contributed by atoms with E-state index in [-0.39, 0.29) is 0 Å². The quantitative estimate of drug-likeness (QED) is 0.153.